The lowest BCUT2D eigenvalue weighted by Crippen LogP contribution is -2.20. The summed E-state index contributed by atoms with van der Waals surface area (Å²) in [7, 11) is 4.15. The van der Waals surface area contributed by atoms with Gasteiger partial charge in [0.25, 0.3) is 5.95 Å². The van der Waals surface area contributed by atoms with E-state index in [0.29, 0.717) is 5.95 Å². The minimum atomic E-state index is 0.617. The second-order valence-corrected chi connectivity index (χ2v) is 5.31. The Hall–Kier alpha value is -2.21. The summed E-state index contributed by atoms with van der Waals surface area (Å²) in [6.45, 7) is 4.78. The van der Waals surface area contributed by atoms with Gasteiger partial charge in [0.1, 0.15) is 0 Å². The number of hydrogen-bond acceptors (Lipinski definition) is 6. The zero-order valence-electron chi connectivity index (χ0n) is 13.5. The molecule has 0 bridgehead atoms. The van der Waals surface area contributed by atoms with Gasteiger partial charge in [0, 0.05) is 18.8 Å². The number of nitrogens with zero attached hydrogens (tertiary/aromatic N) is 5. The molecular formula is C16H24N6. The largest absolute Gasteiger partial charge is 0.369 e. The van der Waals surface area contributed by atoms with E-state index in [1.807, 2.05) is 35.2 Å². The van der Waals surface area contributed by atoms with Crippen LogP contribution in [0.3, 0.4) is 0 Å². The van der Waals surface area contributed by atoms with Crippen LogP contribution in [0, 0.1) is 0 Å². The molecule has 2 rings (SSSR count). The van der Waals surface area contributed by atoms with E-state index in [2.05, 4.69) is 46.4 Å². The van der Waals surface area contributed by atoms with Gasteiger partial charge >= 0.3 is 0 Å². The first kappa shape index (κ1) is 16.2. The normalized spacial score (nSPS) is 10.7. The lowest BCUT2D eigenvalue weighted by molar-refractivity contribution is 0.405. The van der Waals surface area contributed by atoms with Crippen molar-refractivity contribution in [3.63, 3.8) is 0 Å². The predicted molar refractivity (Wildman–Crippen MR) is 90.6 cm³/mol. The monoisotopic (exact) mass is 300 g/mol. The summed E-state index contributed by atoms with van der Waals surface area (Å²) in [6.07, 6.45) is 2.72. The Morgan fingerprint density at radius 2 is 1.91 bits per heavy atom. The van der Waals surface area contributed by atoms with Crippen molar-refractivity contribution >= 4 is 17.5 Å². The quantitative estimate of drug-likeness (QED) is 0.756. The van der Waals surface area contributed by atoms with Gasteiger partial charge in [-0.15, -0.1) is 5.10 Å². The van der Waals surface area contributed by atoms with Gasteiger partial charge in [-0.1, -0.05) is 18.2 Å². The fraction of sp³-hybridized carbons (Fsp3) is 0.438. The fourth-order valence-corrected chi connectivity index (χ4v) is 2.15. The van der Waals surface area contributed by atoms with Crippen LogP contribution in [0.25, 0.3) is 0 Å². The molecule has 0 aliphatic carbocycles. The molecule has 1 N–H and O–H groups in total. The Bertz CT molecular complexity index is 558. The van der Waals surface area contributed by atoms with Gasteiger partial charge in [0.05, 0.1) is 6.20 Å². The van der Waals surface area contributed by atoms with Gasteiger partial charge in [-0.25, -0.2) is 0 Å². The molecule has 6 heteroatoms. The van der Waals surface area contributed by atoms with E-state index in [-0.39, 0.29) is 0 Å². The highest BCUT2D eigenvalue weighted by molar-refractivity contribution is 5.57. The SMILES string of the molecule is CCN(c1ccccc1)c1nncc(NCCCN(C)C)n1. The van der Waals surface area contributed by atoms with Crippen LogP contribution >= 0.6 is 0 Å². The lowest BCUT2D eigenvalue weighted by atomic mass is 10.3. The van der Waals surface area contributed by atoms with Crippen molar-refractivity contribution < 1.29 is 0 Å². The first-order valence-corrected chi connectivity index (χ1v) is 7.61. The van der Waals surface area contributed by atoms with Crippen LogP contribution in [0.15, 0.2) is 36.5 Å². The molecule has 2 aromatic rings. The van der Waals surface area contributed by atoms with Crippen molar-refractivity contribution in [3.05, 3.63) is 36.5 Å². The average Bonchev–Trinajstić information content (AvgIpc) is 2.54. The number of hydrogen-bond donors (Lipinski definition) is 1. The average molecular weight is 300 g/mol. The smallest absolute Gasteiger partial charge is 0.251 e. The van der Waals surface area contributed by atoms with Crippen LogP contribution < -0.4 is 10.2 Å². The third-order valence-electron chi connectivity index (χ3n) is 3.26. The highest BCUT2D eigenvalue weighted by Gasteiger charge is 2.11. The molecule has 0 aliphatic heterocycles. The minimum Gasteiger partial charge on any atom is -0.369 e. The van der Waals surface area contributed by atoms with Crippen molar-refractivity contribution in [1.29, 1.82) is 0 Å². The van der Waals surface area contributed by atoms with E-state index >= 15 is 0 Å². The van der Waals surface area contributed by atoms with Crippen LogP contribution in [-0.2, 0) is 0 Å². The lowest BCUT2D eigenvalue weighted by Gasteiger charge is -2.20. The molecule has 1 aromatic carbocycles. The van der Waals surface area contributed by atoms with Crippen LogP contribution in [0.1, 0.15) is 13.3 Å². The van der Waals surface area contributed by atoms with Crippen LogP contribution in [0.2, 0.25) is 0 Å². The summed E-state index contributed by atoms with van der Waals surface area (Å²) < 4.78 is 0. The predicted octanol–water partition coefficient (Wildman–Crippen LogP) is 2.39. The van der Waals surface area contributed by atoms with Gasteiger partial charge in [-0.2, -0.15) is 10.1 Å². The first-order chi connectivity index (χ1) is 10.7. The summed E-state index contributed by atoms with van der Waals surface area (Å²) in [5.74, 6) is 1.38. The van der Waals surface area contributed by atoms with E-state index in [1.165, 1.54) is 0 Å². The Morgan fingerprint density at radius 1 is 1.14 bits per heavy atom. The molecule has 0 unspecified atom stereocenters. The van der Waals surface area contributed by atoms with Gasteiger partial charge in [-0.3, -0.25) is 0 Å². The molecule has 1 aromatic heterocycles. The van der Waals surface area contributed by atoms with Crippen molar-refractivity contribution in [2.75, 3.05) is 43.9 Å². The van der Waals surface area contributed by atoms with E-state index < -0.39 is 0 Å². The maximum Gasteiger partial charge on any atom is 0.251 e. The maximum atomic E-state index is 4.56. The Labute approximate surface area is 132 Å². The third-order valence-corrected chi connectivity index (χ3v) is 3.26. The zero-order chi connectivity index (χ0) is 15.8. The zero-order valence-corrected chi connectivity index (χ0v) is 13.5. The van der Waals surface area contributed by atoms with Crippen molar-refractivity contribution in [3.8, 4) is 0 Å². The van der Waals surface area contributed by atoms with Crippen LogP contribution in [0.5, 0.6) is 0 Å². The van der Waals surface area contributed by atoms with Gasteiger partial charge in [-0.05, 0) is 46.1 Å². The molecule has 1 heterocycles. The summed E-state index contributed by atoms with van der Waals surface area (Å²) >= 11 is 0. The van der Waals surface area contributed by atoms with Crippen LogP contribution in [0.4, 0.5) is 17.5 Å². The topological polar surface area (TPSA) is 57.2 Å². The molecule has 0 saturated carbocycles. The summed E-state index contributed by atoms with van der Waals surface area (Å²) in [6, 6.07) is 10.1. The number of para-hydroxylation sites is 1. The molecule has 0 radical (unpaired) electrons. The van der Waals surface area contributed by atoms with Gasteiger partial charge < -0.3 is 15.1 Å². The standard InChI is InChI=1S/C16H24N6/c1-4-22(14-9-6-5-7-10-14)16-19-15(13-18-20-16)17-11-8-12-21(2)3/h5-7,9-10,13H,4,8,11-12H2,1-3H3,(H,17,19,20). The molecule has 0 spiro atoms. The highest BCUT2D eigenvalue weighted by atomic mass is 15.3. The molecule has 0 amide bonds. The minimum absolute atomic E-state index is 0.617. The number of rotatable bonds is 8. The van der Waals surface area contributed by atoms with Crippen LogP contribution in [-0.4, -0.2) is 53.8 Å². The molecule has 0 aliphatic rings. The molecule has 0 saturated heterocycles. The Balaban J connectivity index is 2.03. The number of nitrogens with one attached hydrogen (secondary N) is 1. The van der Waals surface area contributed by atoms with Gasteiger partial charge in [0.15, 0.2) is 5.82 Å². The summed E-state index contributed by atoms with van der Waals surface area (Å²) in [4.78, 5) is 8.77. The molecule has 22 heavy (non-hydrogen) atoms. The van der Waals surface area contributed by atoms with E-state index in [9.17, 15) is 0 Å². The number of aromatic nitrogens is 3. The van der Waals surface area contributed by atoms with E-state index in [1.54, 1.807) is 6.20 Å². The second-order valence-electron chi connectivity index (χ2n) is 5.31. The fourth-order valence-electron chi connectivity index (χ4n) is 2.15. The van der Waals surface area contributed by atoms with Crippen molar-refractivity contribution in [1.82, 2.24) is 20.1 Å². The summed E-state index contributed by atoms with van der Waals surface area (Å²) in [5.41, 5.74) is 1.07. The maximum absolute atomic E-state index is 4.56. The Morgan fingerprint density at radius 3 is 2.59 bits per heavy atom. The van der Waals surface area contributed by atoms with Crippen molar-refractivity contribution in [2.24, 2.45) is 0 Å². The van der Waals surface area contributed by atoms with E-state index in [0.717, 1.165) is 37.6 Å². The molecule has 6 nitrogen and oxygen atoms in total. The van der Waals surface area contributed by atoms with Gasteiger partial charge in [0.2, 0.25) is 0 Å². The Kier molecular flexibility index (Phi) is 6.09. The number of benzene rings is 1. The molecule has 0 atom stereocenters. The van der Waals surface area contributed by atoms with E-state index in [4.69, 9.17) is 0 Å². The number of anilines is 3. The highest BCUT2D eigenvalue weighted by Crippen LogP contribution is 2.21. The molecular weight excluding hydrogens is 276 g/mol. The third kappa shape index (κ3) is 4.66. The van der Waals surface area contributed by atoms with Crippen molar-refractivity contribution in [2.45, 2.75) is 13.3 Å². The first-order valence-electron chi connectivity index (χ1n) is 7.61. The molecule has 118 valence electrons. The summed E-state index contributed by atoms with van der Waals surface area (Å²) in [5, 5.41) is 11.5. The molecule has 0 fully saturated rings. The second kappa shape index (κ2) is 8.29.